The lowest BCUT2D eigenvalue weighted by Crippen LogP contribution is -2.31. The number of carbonyl (C=O) groups is 1. The third-order valence-corrected chi connectivity index (χ3v) is 5.45. The van der Waals surface area contributed by atoms with Crippen LogP contribution in [0.5, 0.6) is 0 Å². The van der Waals surface area contributed by atoms with E-state index in [1.54, 1.807) is 23.5 Å². The van der Waals surface area contributed by atoms with E-state index in [4.69, 9.17) is 0 Å². The van der Waals surface area contributed by atoms with E-state index in [1.807, 2.05) is 47.2 Å². The van der Waals surface area contributed by atoms with Crippen LogP contribution in [-0.4, -0.2) is 37.1 Å². The molecule has 0 spiro atoms. The summed E-state index contributed by atoms with van der Waals surface area (Å²) >= 11 is 0. The Bertz CT molecular complexity index is 1170. The number of benzene rings is 2. The highest BCUT2D eigenvalue weighted by molar-refractivity contribution is 6.00. The molecule has 1 N–H and O–H groups in total. The smallest absolute Gasteiger partial charge is 0.273 e. The van der Waals surface area contributed by atoms with Gasteiger partial charge in [-0.2, -0.15) is 5.10 Å². The summed E-state index contributed by atoms with van der Waals surface area (Å²) in [5, 5.41) is 7.37. The standard InChI is InChI=1S/C23H20FN5O/c24-18-9-4-8-17(14-18)22-19-20(16-6-2-1-3-7-16)26-27-21(19)23(30)29(22)12-5-11-28-13-10-25-15-28/h1-4,6-10,13-15,22H,5,11-12H2,(H,26,27). The zero-order valence-corrected chi connectivity index (χ0v) is 16.2. The predicted octanol–water partition coefficient (Wildman–Crippen LogP) is 4.05. The summed E-state index contributed by atoms with van der Waals surface area (Å²) in [6, 6.07) is 15.8. The van der Waals surface area contributed by atoms with Crippen molar-refractivity contribution in [2.75, 3.05) is 6.54 Å². The van der Waals surface area contributed by atoms with Crippen LogP contribution >= 0.6 is 0 Å². The van der Waals surface area contributed by atoms with Crippen molar-refractivity contribution in [2.24, 2.45) is 0 Å². The zero-order valence-electron chi connectivity index (χ0n) is 16.2. The number of amides is 1. The van der Waals surface area contributed by atoms with Gasteiger partial charge in [0.1, 0.15) is 11.5 Å². The molecule has 0 aliphatic carbocycles. The largest absolute Gasteiger partial charge is 0.337 e. The van der Waals surface area contributed by atoms with Crippen molar-refractivity contribution >= 4 is 5.91 Å². The minimum Gasteiger partial charge on any atom is -0.337 e. The van der Waals surface area contributed by atoms with Crippen LogP contribution in [0.3, 0.4) is 0 Å². The number of nitrogens with one attached hydrogen (secondary N) is 1. The van der Waals surface area contributed by atoms with Gasteiger partial charge in [-0.3, -0.25) is 9.89 Å². The number of H-pyrrole nitrogens is 1. The topological polar surface area (TPSA) is 66.8 Å². The monoisotopic (exact) mass is 401 g/mol. The molecule has 1 unspecified atom stereocenters. The molecule has 1 amide bonds. The number of hydrogen-bond acceptors (Lipinski definition) is 3. The number of halogens is 1. The van der Waals surface area contributed by atoms with Crippen molar-refractivity contribution in [3.63, 3.8) is 0 Å². The number of aromatic nitrogens is 4. The fourth-order valence-corrected chi connectivity index (χ4v) is 4.11. The molecule has 0 fully saturated rings. The second-order valence-corrected chi connectivity index (χ2v) is 7.34. The van der Waals surface area contributed by atoms with Crippen LogP contribution in [0, 0.1) is 5.82 Å². The number of imidazole rings is 1. The first kappa shape index (κ1) is 18.3. The third kappa shape index (κ3) is 3.18. The number of carbonyl (C=O) groups excluding carboxylic acids is 1. The number of rotatable bonds is 6. The summed E-state index contributed by atoms with van der Waals surface area (Å²) in [5.74, 6) is -0.434. The van der Waals surface area contributed by atoms with Crippen molar-refractivity contribution in [1.29, 1.82) is 0 Å². The molecule has 30 heavy (non-hydrogen) atoms. The molecule has 0 bridgehead atoms. The van der Waals surface area contributed by atoms with Crippen LogP contribution in [-0.2, 0) is 6.54 Å². The highest BCUT2D eigenvalue weighted by Crippen LogP contribution is 2.42. The van der Waals surface area contributed by atoms with Crippen molar-refractivity contribution in [3.8, 4) is 11.3 Å². The number of fused-ring (bicyclic) bond motifs is 1. The van der Waals surface area contributed by atoms with E-state index >= 15 is 0 Å². The third-order valence-electron chi connectivity index (χ3n) is 5.45. The van der Waals surface area contributed by atoms with Crippen molar-refractivity contribution in [2.45, 2.75) is 19.0 Å². The van der Waals surface area contributed by atoms with Gasteiger partial charge in [0, 0.05) is 36.6 Å². The highest BCUT2D eigenvalue weighted by atomic mass is 19.1. The lowest BCUT2D eigenvalue weighted by Gasteiger charge is -2.26. The lowest BCUT2D eigenvalue weighted by molar-refractivity contribution is 0.0739. The molecular weight excluding hydrogens is 381 g/mol. The Morgan fingerprint density at radius 1 is 1.07 bits per heavy atom. The molecule has 5 rings (SSSR count). The van der Waals surface area contributed by atoms with E-state index in [0.717, 1.165) is 35.3 Å². The molecular formula is C23H20FN5O. The van der Waals surface area contributed by atoms with Crippen molar-refractivity contribution in [1.82, 2.24) is 24.6 Å². The van der Waals surface area contributed by atoms with E-state index in [-0.39, 0.29) is 17.8 Å². The molecule has 3 heterocycles. The molecule has 2 aromatic heterocycles. The highest BCUT2D eigenvalue weighted by Gasteiger charge is 2.41. The van der Waals surface area contributed by atoms with Gasteiger partial charge in [-0.25, -0.2) is 9.37 Å². The molecule has 2 aromatic carbocycles. The Hall–Kier alpha value is -3.74. The first-order valence-corrected chi connectivity index (χ1v) is 9.88. The second kappa shape index (κ2) is 7.59. The summed E-state index contributed by atoms with van der Waals surface area (Å²) in [5.41, 5.74) is 3.67. The average molecular weight is 401 g/mol. The fourth-order valence-electron chi connectivity index (χ4n) is 4.11. The van der Waals surface area contributed by atoms with Crippen LogP contribution in [0.15, 0.2) is 73.3 Å². The Balaban J connectivity index is 1.53. The Labute approximate surface area is 173 Å². The predicted molar refractivity (Wildman–Crippen MR) is 110 cm³/mol. The normalized spacial score (nSPS) is 15.6. The molecule has 1 aliphatic rings. The summed E-state index contributed by atoms with van der Waals surface area (Å²) in [6.07, 6.45) is 6.15. The Morgan fingerprint density at radius 3 is 2.70 bits per heavy atom. The quantitative estimate of drug-likeness (QED) is 0.530. The fraction of sp³-hybridized carbons (Fsp3) is 0.174. The minimum atomic E-state index is -0.389. The van der Waals surface area contributed by atoms with Gasteiger partial charge in [-0.15, -0.1) is 0 Å². The molecule has 0 saturated heterocycles. The molecule has 150 valence electrons. The molecule has 4 aromatic rings. The summed E-state index contributed by atoms with van der Waals surface area (Å²) in [7, 11) is 0. The molecule has 1 atom stereocenters. The molecule has 0 radical (unpaired) electrons. The van der Waals surface area contributed by atoms with Crippen LogP contribution in [0.1, 0.15) is 34.1 Å². The number of aryl methyl sites for hydroxylation is 1. The lowest BCUT2D eigenvalue weighted by atomic mass is 9.96. The number of nitrogens with zero attached hydrogens (tertiary/aromatic N) is 4. The minimum absolute atomic E-state index is 0.112. The van der Waals surface area contributed by atoms with Crippen LogP contribution in [0.2, 0.25) is 0 Å². The summed E-state index contributed by atoms with van der Waals surface area (Å²) in [6.45, 7) is 1.28. The van der Waals surface area contributed by atoms with E-state index in [9.17, 15) is 9.18 Å². The number of hydrogen-bond donors (Lipinski definition) is 1. The first-order valence-electron chi connectivity index (χ1n) is 9.88. The summed E-state index contributed by atoms with van der Waals surface area (Å²) in [4.78, 5) is 19.1. The Morgan fingerprint density at radius 2 is 1.93 bits per heavy atom. The van der Waals surface area contributed by atoms with E-state index in [1.165, 1.54) is 12.1 Å². The molecule has 6 nitrogen and oxygen atoms in total. The van der Waals surface area contributed by atoms with Crippen molar-refractivity contribution < 1.29 is 9.18 Å². The number of aromatic amines is 1. The van der Waals surface area contributed by atoms with E-state index in [0.29, 0.717) is 12.2 Å². The van der Waals surface area contributed by atoms with Gasteiger partial charge in [-0.05, 0) is 24.1 Å². The van der Waals surface area contributed by atoms with Gasteiger partial charge in [-0.1, -0.05) is 42.5 Å². The van der Waals surface area contributed by atoms with Crippen LogP contribution in [0.4, 0.5) is 4.39 Å². The molecule has 1 aliphatic heterocycles. The van der Waals surface area contributed by atoms with Gasteiger partial charge in [0.2, 0.25) is 0 Å². The second-order valence-electron chi connectivity index (χ2n) is 7.34. The molecule has 7 heteroatoms. The van der Waals surface area contributed by atoms with Gasteiger partial charge < -0.3 is 9.47 Å². The first-order chi connectivity index (χ1) is 14.7. The van der Waals surface area contributed by atoms with Gasteiger partial charge in [0.15, 0.2) is 0 Å². The maximum absolute atomic E-state index is 14.1. The van der Waals surface area contributed by atoms with Gasteiger partial charge >= 0.3 is 0 Å². The summed E-state index contributed by atoms with van der Waals surface area (Å²) < 4.78 is 16.1. The van der Waals surface area contributed by atoms with Gasteiger partial charge in [0.25, 0.3) is 5.91 Å². The zero-order chi connectivity index (χ0) is 20.5. The molecule has 0 saturated carbocycles. The van der Waals surface area contributed by atoms with E-state index in [2.05, 4.69) is 15.2 Å². The maximum Gasteiger partial charge on any atom is 0.273 e. The average Bonchev–Trinajstić information content (AvgIpc) is 3.48. The van der Waals surface area contributed by atoms with Crippen molar-refractivity contribution in [3.05, 3.63) is 96.0 Å². The van der Waals surface area contributed by atoms with Gasteiger partial charge in [0.05, 0.1) is 18.1 Å². The van der Waals surface area contributed by atoms with Crippen LogP contribution < -0.4 is 0 Å². The van der Waals surface area contributed by atoms with E-state index < -0.39 is 0 Å². The SMILES string of the molecule is O=C1c2[nH]nc(-c3ccccc3)c2C(c2cccc(F)c2)N1CCCn1ccnc1. The van der Waals surface area contributed by atoms with Crippen LogP contribution in [0.25, 0.3) is 11.3 Å². The maximum atomic E-state index is 14.1. The Kier molecular flexibility index (Phi) is 4.63.